The summed E-state index contributed by atoms with van der Waals surface area (Å²) < 4.78 is 12.8. The van der Waals surface area contributed by atoms with Crippen molar-refractivity contribution in [1.82, 2.24) is 14.9 Å². The van der Waals surface area contributed by atoms with Gasteiger partial charge in [-0.1, -0.05) is 36.4 Å². The summed E-state index contributed by atoms with van der Waals surface area (Å²) in [7, 11) is 3.29. The Kier molecular flexibility index (Phi) is 6.52. The van der Waals surface area contributed by atoms with Crippen molar-refractivity contribution >= 4 is 5.69 Å². The number of nitrogens with zero attached hydrogens (tertiary/aromatic N) is 3. The first-order valence-electron chi connectivity index (χ1n) is 10.7. The zero-order chi connectivity index (χ0) is 22.5. The van der Waals surface area contributed by atoms with Crippen LogP contribution in [0.4, 0.5) is 5.69 Å². The third-order valence-electron chi connectivity index (χ3n) is 5.81. The molecule has 1 aliphatic heterocycles. The van der Waals surface area contributed by atoms with Gasteiger partial charge >= 0.3 is 0 Å². The first kappa shape index (κ1) is 21.6. The summed E-state index contributed by atoms with van der Waals surface area (Å²) in [6, 6.07) is 14.7. The molecule has 0 radical (unpaired) electrons. The summed E-state index contributed by atoms with van der Waals surface area (Å²) in [6.45, 7) is 9.69. The van der Waals surface area contributed by atoms with E-state index >= 15 is 0 Å². The predicted molar refractivity (Wildman–Crippen MR) is 124 cm³/mol. The van der Waals surface area contributed by atoms with Crippen molar-refractivity contribution in [3.05, 3.63) is 70.3 Å². The molecule has 0 saturated carbocycles. The second-order valence-corrected chi connectivity index (χ2v) is 7.87. The third kappa shape index (κ3) is 4.51. The number of nitrogens with one attached hydrogen (secondary N) is 1. The van der Waals surface area contributed by atoms with E-state index in [2.05, 4.69) is 10.2 Å². The minimum absolute atomic E-state index is 0.185. The Morgan fingerprint density at radius 3 is 2.38 bits per heavy atom. The third-order valence-corrected chi connectivity index (χ3v) is 5.81. The Morgan fingerprint density at radius 2 is 1.75 bits per heavy atom. The zero-order valence-electron chi connectivity index (χ0n) is 18.3. The van der Waals surface area contributed by atoms with Crippen LogP contribution in [0.15, 0.2) is 53.3 Å². The lowest BCUT2D eigenvalue weighted by Crippen LogP contribution is -2.31. The standard InChI is InChI=1S/C25H26N4O3/c1-26-20-8-4-19(5-9-20)23-22(18-6-10-21(31-3)11-7-18)24(30)29(2)25(28-23)32-16-17-12-14-27-15-13-17/h4-11,17,27H,12-16H2,2-3H3. The van der Waals surface area contributed by atoms with Gasteiger partial charge in [-0.05, 0) is 55.1 Å². The van der Waals surface area contributed by atoms with Crippen molar-refractivity contribution in [2.45, 2.75) is 12.8 Å². The van der Waals surface area contributed by atoms with Gasteiger partial charge in [0.25, 0.3) is 11.6 Å². The van der Waals surface area contributed by atoms with Crippen LogP contribution in [0.1, 0.15) is 12.8 Å². The average molecular weight is 431 g/mol. The van der Waals surface area contributed by atoms with Gasteiger partial charge in [0.2, 0.25) is 0 Å². The molecule has 3 aromatic rings. The molecule has 1 N–H and O–H groups in total. The molecule has 164 valence electrons. The van der Waals surface area contributed by atoms with Crippen LogP contribution in [0.5, 0.6) is 11.8 Å². The number of rotatable bonds is 6. The largest absolute Gasteiger partial charge is 0.497 e. The molecule has 0 amide bonds. The highest BCUT2D eigenvalue weighted by Gasteiger charge is 2.20. The summed E-state index contributed by atoms with van der Waals surface area (Å²) in [6.07, 6.45) is 2.09. The lowest BCUT2D eigenvalue weighted by molar-refractivity contribution is 0.195. The number of benzene rings is 2. The van der Waals surface area contributed by atoms with E-state index in [9.17, 15) is 4.79 Å². The highest BCUT2D eigenvalue weighted by Crippen LogP contribution is 2.31. The van der Waals surface area contributed by atoms with Crippen LogP contribution in [0.3, 0.4) is 0 Å². The van der Waals surface area contributed by atoms with Gasteiger partial charge in [-0.3, -0.25) is 9.36 Å². The summed E-state index contributed by atoms with van der Waals surface area (Å²) >= 11 is 0. The molecule has 0 spiro atoms. The first-order valence-corrected chi connectivity index (χ1v) is 10.7. The molecule has 1 saturated heterocycles. The van der Waals surface area contributed by atoms with E-state index in [0.717, 1.165) is 37.1 Å². The van der Waals surface area contributed by atoms with E-state index in [0.29, 0.717) is 41.2 Å². The number of hydrogen-bond donors (Lipinski definition) is 1. The monoisotopic (exact) mass is 430 g/mol. The highest BCUT2D eigenvalue weighted by molar-refractivity contribution is 5.81. The van der Waals surface area contributed by atoms with Gasteiger partial charge in [0, 0.05) is 7.05 Å². The Morgan fingerprint density at radius 1 is 1.09 bits per heavy atom. The Hall–Kier alpha value is -3.63. The molecule has 32 heavy (non-hydrogen) atoms. The van der Waals surface area contributed by atoms with E-state index in [4.69, 9.17) is 21.0 Å². The SMILES string of the molecule is [C-]#[N+]c1ccc(-c2nc(OCC3CCNCC3)n(C)c(=O)c2-c2ccc(OC)cc2)cc1. The Labute approximate surface area is 187 Å². The lowest BCUT2D eigenvalue weighted by Gasteiger charge is -2.23. The molecule has 1 aromatic heterocycles. The average Bonchev–Trinajstić information content (AvgIpc) is 2.85. The van der Waals surface area contributed by atoms with E-state index in [-0.39, 0.29) is 5.56 Å². The minimum atomic E-state index is -0.185. The predicted octanol–water partition coefficient (Wildman–Crippen LogP) is 4.05. The molecule has 0 unspecified atom stereocenters. The van der Waals surface area contributed by atoms with Crippen LogP contribution in [0.25, 0.3) is 27.2 Å². The first-order chi connectivity index (χ1) is 15.6. The van der Waals surface area contributed by atoms with Crippen molar-refractivity contribution in [3.8, 4) is 34.1 Å². The molecule has 1 fully saturated rings. The van der Waals surface area contributed by atoms with Crippen molar-refractivity contribution in [1.29, 1.82) is 0 Å². The maximum absolute atomic E-state index is 13.5. The van der Waals surface area contributed by atoms with Gasteiger partial charge in [0.05, 0.1) is 31.5 Å². The van der Waals surface area contributed by atoms with Crippen LogP contribution in [0.2, 0.25) is 0 Å². The molecule has 0 bridgehead atoms. The van der Waals surface area contributed by atoms with Crippen LogP contribution >= 0.6 is 0 Å². The Balaban J connectivity index is 1.79. The molecule has 2 aromatic carbocycles. The highest BCUT2D eigenvalue weighted by atomic mass is 16.5. The fraction of sp³-hybridized carbons (Fsp3) is 0.320. The van der Waals surface area contributed by atoms with E-state index < -0.39 is 0 Å². The second-order valence-electron chi connectivity index (χ2n) is 7.87. The van der Waals surface area contributed by atoms with Gasteiger partial charge in [0.15, 0.2) is 5.69 Å². The lowest BCUT2D eigenvalue weighted by atomic mass is 9.99. The van der Waals surface area contributed by atoms with Gasteiger partial charge < -0.3 is 14.8 Å². The summed E-state index contributed by atoms with van der Waals surface area (Å²) in [5, 5.41) is 3.35. The van der Waals surface area contributed by atoms with Crippen molar-refractivity contribution in [2.75, 3.05) is 26.8 Å². The second kappa shape index (κ2) is 9.67. The molecule has 7 nitrogen and oxygen atoms in total. The smallest absolute Gasteiger partial charge is 0.299 e. The quantitative estimate of drug-likeness (QED) is 0.598. The van der Waals surface area contributed by atoms with Gasteiger partial charge in [-0.2, -0.15) is 4.98 Å². The topological polar surface area (TPSA) is 69.7 Å². The van der Waals surface area contributed by atoms with Crippen molar-refractivity contribution < 1.29 is 9.47 Å². The molecular formula is C25H26N4O3. The van der Waals surface area contributed by atoms with Gasteiger partial charge in [0.1, 0.15) is 5.75 Å². The van der Waals surface area contributed by atoms with E-state index in [1.54, 1.807) is 26.3 Å². The summed E-state index contributed by atoms with van der Waals surface area (Å²) in [4.78, 5) is 21.7. The molecule has 7 heteroatoms. The van der Waals surface area contributed by atoms with Crippen LogP contribution in [0, 0.1) is 12.5 Å². The van der Waals surface area contributed by atoms with E-state index in [1.165, 1.54) is 4.57 Å². The Bertz CT molecular complexity index is 1170. The van der Waals surface area contributed by atoms with Gasteiger partial charge in [-0.15, -0.1) is 0 Å². The minimum Gasteiger partial charge on any atom is -0.497 e. The van der Waals surface area contributed by atoms with Crippen LogP contribution in [-0.4, -0.2) is 36.4 Å². The van der Waals surface area contributed by atoms with Crippen LogP contribution in [-0.2, 0) is 7.05 Å². The number of aromatic nitrogens is 2. The molecule has 4 rings (SSSR count). The number of hydrogen-bond acceptors (Lipinski definition) is 5. The summed E-state index contributed by atoms with van der Waals surface area (Å²) in [5.41, 5.74) is 2.87. The summed E-state index contributed by atoms with van der Waals surface area (Å²) in [5.74, 6) is 1.15. The maximum atomic E-state index is 13.5. The molecule has 2 heterocycles. The number of ether oxygens (including phenoxy) is 2. The van der Waals surface area contributed by atoms with Crippen molar-refractivity contribution in [2.24, 2.45) is 13.0 Å². The fourth-order valence-corrected chi connectivity index (χ4v) is 3.87. The molecular weight excluding hydrogens is 404 g/mol. The zero-order valence-corrected chi connectivity index (χ0v) is 18.3. The molecule has 0 aliphatic carbocycles. The number of methoxy groups -OCH3 is 1. The maximum Gasteiger partial charge on any atom is 0.299 e. The molecule has 1 aliphatic rings. The fourth-order valence-electron chi connectivity index (χ4n) is 3.87. The molecule has 0 atom stereocenters. The van der Waals surface area contributed by atoms with Gasteiger partial charge in [-0.25, -0.2) is 4.85 Å². The van der Waals surface area contributed by atoms with Crippen LogP contribution < -0.4 is 20.3 Å². The van der Waals surface area contributed by atoms with E-state index in [1.807, 2.05) is 36.4 Å². The normalized spacial score (nSPS) is 14.0. The van der Waals surface area contributed by atoms with Crippen molar-refractivity contribution in [3.63, 3.8) is 0 Å². The number of piperidine rings is 1.